The van der Waals surface area contributed by atoms with E-state index in [-0.39, 0.29) is 5.82 Å². The molecule has 0 heterocycles. The fraction of sp³-hybridized carbons (Fsp3) is 0.133. The number of benzene rings is 2. The number of hydrogen-bond acceptors (Lipinski definition) is 1. The summed E-state index contributed by atoms with van der Waals surface area (Å²) >= 11 is 5.21. The highest BCUT2D eigenvalue weighted by atomic mass is 32.1. The van der Waals surface area contributed by atoms with Gasteiger partial charge in [-0.3, -0.25) is 0 Å². The summed E-state index contributed by atoms with van der Waals surface area (Å²) in [6.07, 6.45) is 0. The summed E-state index contributed by atoms with van der Waals surface area (Å²) in [5, 5.41) is 6.34. The van der Waals surface area contributed by atoms with Gasteiger partial charge in [0.2, 0.25) is 0 Å². The van der Waals surface area contributed by atoms with Crippen molar-refractivity contribution in [1.29, 1.82) is 0 Å². The van der Waals surface area contributed by atoms with Crippen LogP contribution in [-0.4, -0.2) is 5.11 Å². The molecule has 0 saturated carbocycles. The topological polar surface area (TPSA) is 24.1 Å². The Morgan fingerprint density at radius 2 is 1.58 bits per heavy atom. The maximum absolute atomic E-state index is 13.5. The third-order valence-electron chi connectivity index (χ3n) is 2.84. The Kier molecular flexibility index (Phi) is 4.12. The average Bonchev–Trinajstić information content (AvgIpc) is 2.37. The summed E-state index contributed by atoms with van der Waals surface area (Å²) in [4.78, 5) is 0. The highest BCUT2D eigenvalue weighted by molar-refractivity contribution is 7.80. The highest BCUT2D eigenvalue weighted by Gasteiger charge is 2.06. The number of halogens is 1. The van der Waals surface area contributed by atoms with E-state index in [0.717, 1.165) is 16.8 Å². The Hall–Kier alpha value is -1.94. The Morgan fingerprint density at radius 1 is 0.947 bits per heavy atom. The zero-order valence-corrected chi connectivity index (χ0v) is 11.6. The maximum Gasteiger partial charge on any atom is 0.175 e. The van der Waals surface area contributed by atoms with Crippen LogP contribution in [0, 0.1) is 19.7 Å². The van der Waals surface area contributed by atoms with Gasteiger partial charge in [-0.25, -0.2) is 4.39 Å². The minimum absolute atomic E-state index is 0.326. The van der Waals surface area contributed by atoms with Crippen LogP contribution in [0.3, 0.4) is 0 Å². The first-order valence-electron chi connectivity index (χ1n) is 5.96. The van der Waals surface area contributed by atoms with E-state index in [1.54, 1.807) is 18.2 Å². The first-order chi connectivity index (χ1) is 9.08. The Morgan fingerprint density at radius 3 is 2.21 bits per heavy atom. The van der Waals surface area contributed by atoms with Crippen molar-refractivity contribution in [2.24, 2.45) is 0 Å². The van der Waals surface area contributed by atoms with Gasteiger partial charge >= 0.3 is 0 Å². The molecule has 2 N–H and O–H groups in total. The van der Waals surface area contributed by atoms with Crippen molar-refractivity contribution < 1.29 is 4.39 Å². The first-order valence-corrected chi connectivity index (χ1v) is 6.37. The molecule has 2 rings (SSSR count). The summed E-state index contributed by atoms with van der Waals surface area (Å²) < 4.78 is 13.5. The van der Waals surface area contributed by atoms with E-state index in [9.17, 15) is 4.39 Å². The van der Waals surface area contributed by atoms with Crippen molar-refractivity contribution in [1.82, 2.24) is 0 Å². The van der Waals surface area contributed by atoms with Crippen molar-refractivity contribution >= 4 is 28.7 Å². The van der Waals surface area contributed by atoms with Crippen LogP contribution in [0.2, 0.25) is 0 Å². The smallest absolute Gasteiger partial charge is 0.175 e. The molecule has 0 aliphatic rings. The molecule has 0 unspecified atom stereocenters. The van der Waals surface area contributed by atoms with Gasteiger partial charge in [0.15, 0.2) is 5.11 Å². The van der Waals surface area contributed by atoms with Crippen LogP contribution < -0.4 is 10.6 Å². The molecule has 0 radical (unpaired) electrons. The maximum atomic E-state index is 13.5. The largest absolute Gasteiger partial charge is 0.332 e. The van der Waals surface area contributed by atoms with E-state index in [1.165, 1.54) is 6.07 Å². The summed E-state index contributed by atoms with van der Waals surface area (Å²) in [6, 6.07) is 12.4. The van der Waals surface area contributed by atoms with E-state index in [1.807, 2.05) is 32.0 Å². The van der Waals surface area contributed by atoms with E-state index >= 15 is 0 Å². The normalized spacial score (nSPS) is 10.1. The van der Waals surface area contributed by atoms with E-state index in [4.69, 9.17) is 12.2 Å². The zero-order chi connectivity index (χ0) is 13.8. The predicted octanol–water partition coefficient (Wildman–Crippen LogP) is 4.25. The molecule has 0 aliphatic carbocycles. The Labute approximate surface area is 117 Å². The van der Waals surface area contributed by atoms with Crippen molar-refractivity contribution in [3.63, 3.8) is 0 Å². The molecule has 0 atom stereocenters. The number of thiocarbonyl (C=S) groups is 1. The fourth-order valence-electron chi connectivity index (χ4n) is 1.84. The SMILES string of the molecule is Cc1cccc(C)c1NC(=S)Nc1ccccc1F. The van der Waals surface area contributed by atoms with Crippen LogP contribution in [0.5, 0.6) is 0 Å². The third kappa shape index (κ3) is 3.29. The van der Waals surface area contributed by atoms with Crippen molar-refractivity contribution in [2.45, 2.75) is 13.8 Å². The second-order valence-corrected chi connectivity index (χ2v) is 4.73. The van der Waals surface area contributed by atoms with Crippen LogP contribution in [0.4, 0.5) is 15.8 Å². The quantitative estimate of drug-likeness (QED) is 0.800. The van der Waals surface area contributed by atoms with Gasteiger partial charge in [-0.2, -0.15) is 0 Å². The number of para-hydroxylation sites is 2. The van der Waals surface area contributed by atoms with Crippen molar-refractivity contribution in [2.75, 3.05) is 10.6 Å². The van der Waals surface area contributed by atoms with Gasteiger partial charge in [0.1, 0.15) is 5.82 Å². The minimum atomic E-state index is -0.326. The predicted molar refractivity (Wildman–Crippen MR) is 82.2 cm³/mol. The molecule has 0 fully saturated rings. The minimum Gasteiger partial charge on any atom is -0.332 e. The molecule has 0 aliphatic heterocycles. The monoisotopic (exact) mass is 274 g/mol. The van der Waals surface area contributed by atoms with Gasteiger partial charge in [0.05, 0.1) is 5.69 Å². The number of hydrogen-bond donors (Lipinski definition) is 2. The highest BCUT2D eigenvalue weighted by Crippen LogP contribution is 2.20. The number of rotatable bonds is 2. The summed E-state index contributed by atoms with van der Waals surface area (Å²) in [6.45, 7) is 4.00. The molecule has 2 nitrogen and oxygen atoms in total. The zero-order valence-electron chi connectivity index (χ0n) is 10.8. The van der Waals surface area contributed by atoms with Crippen molar-refractivity contribution in [3.8, 4) is 0 Å². The van der Waals surface area contributed by atoms with Gasteiger partial charge < -0.3 is 10.6 Å². The number of aryl methyl sites for hydroxylation is 2. The number of anilines is 2. The van der Waals surface area contributed by atoms with Crippen LogP contribution in [0.1, 0.15) is 11.1 Å². The lowest BCUT2D eigenvalue weighted by atomic mass is 10.1. The lowest BCUT2D eigenvalue weighted by Gasteiger charge is -2.15. The van der Waals surface area contributed by atoms with Gasteiger partial charge in [-0.05, 0) is 49.3 Å². The number of nitrogens with one attached hydrogen (secondary N) is 2. The van der Waals surface area contributed by atoms with Crippen LogP contribution in [-0.2, 0) is 0 Å². The molecule has 0 saturated heterocycles. The Balaban J connectivity index is 2.12. The van der Waals surface area contributed by atoms with Crippen LogP contribution in [0.25, 0.3) is 0 Å². The van der Waals surface area contributed by atoms with Gasteiger partial charge in [0, 0.05) is 5.69 Å². The molecule has 0 spiro atoms. The Bertz CT molecular complexity index is 591. The molecule has 4 heteroatoms. The molecule has 0 bridgehead atoms. The summed E-state index contributed by atoms with van der Waals surface area (Å²) in [5.41, 5.74) is 3.51. The van der Waals surface area contributed by atoms with Crippen LogP contribution >= 0.6 is 12.2 Å². The molecule has 98 valence electrons. The standard InChI is InChI=1S/C15H15FN2S/c1-10-6-5-7-11(2)14(10)18-15(19)17-13-9-4-3-8-12(13)16/h3-9H,1-2H3,(H2,17,18,19). The second-order valence-electron chi connectivity index (χ2n) is 4.33. The molecule has 0 aromatic heterocycles. The second kappa shape index (κ2) is 5.80. The van der Waals surface area contributed by atoms with Gasteiger partial charge in [-0.15, -0.1) is 0 Å². The van der Waals surface area contributed by atoms with Crippen LogP contribution in [0.15, 0.2) is 42.5 Å². The molecular weight excluding hydrogens is 259 g/mol. The molecule has 2 aromatic carbocycles. The molecule has 19 heavy (non-hydrogen) atoms. The van der Waals surface area contributed by atoms with Gasteiger partial charge in [-0.1, -0.05) is 30.3 Å². The van der Waals surface area contributed by atoms with E-state index in [2.05, 4.69) is 10.6 Å². The van der Waals surface area contributed by atoms with E-state index < -0.39 is 0 Å². The third-order valence-corrected chi connectivity index (χ3v) is 3.05. The molecular formula is C15H15FN2S. The summed E-state index contributed by atoms with van der Waals surface area (Å²) in [5.74, 6) is -0.326. The van der Waals surface area contributed by atoms with E-state index in [0.29, 0.717) is 10.8 Å². The lowest BCUT2D eigenvalue weighted by Crippen LogP contribution is -2.20. The fourth-order valence-corrected chi connectivity index (χ4v) is 2.05. The first kappa shape index (κ1) is 13.5. The van der Waals surface area contributed by atoms with Crippen molar-refractivity contribution in [3.05, 3.63) is 59.4 Å². The average molecular weight is 274 g/mol. The summed E-state index contributed by atoms with van der Waals surface area (Å²) in [7, 11) is 0. The molecule has 2 aromatic rings. The molecule has 0 amide bonds. The lowest BCUT2D eigenvalue weighted by molar-refractivity contribution is 0.632. The van der Waals surface area contributed by atoms with Gasteiger partial charge in [0.25, 0.3) is 0 Å².